The van der Waals surface area contributed by atoms with Gasteiger partial charge in [0.2, 0.25) is 0 Å². The summed E-state index contributed by atoms with van der Waals surface area (Å²) < 4.78 is 23.4. The molecule has 2 aliphatic rings. The first-order valence-corrected chi connectivity index (χ1v) is 12.3. The van der Waals surface area contributed by atoms with Crippen molar-refractivity contribution in [3.63, 3.8) is 0 Å². The van der Waals surface area contributed by atoms with Crippen molar-refractivity contribution in [2.45, 2.75) is 31.8 Å². The van der Waals surface area contributed by atoms with Crippen molar-refractivity contribution in [3.8, 4) is 34.1 Å². The summed E-state index contributed by atoms with van der Waals surface area (Å²) in [6, 6.07) is 14.9. The molecule has 0 atom stereocenters. The number of aromatic amines is 2. The second-order valence-corrected chi connectivity index (χ2v) is 8.72. The molecule has 2 aromatic carbocycles. The molecule has 0 radical (unpaired) electrons. The Labute approximate surface area is 210 Å². The number of hydrogen-bond donors (Lipinski definition) is 2. The van der Waals surface area contributed by atoms with Crippen molar-refractivity contribution in [2.75, 3.05) is 20.3 Å². The van der Waals surface area contributed by atoms with Crippen LogP contribution in [0.15, 0.2) is 65.7 Å². The lowest BCUT2D eigenvalue weighted by Crippen LogP contribution is -2.15. The highest BCUT2D eigenvalue weighted by Gasteiger charge is 2.20. The standard InChI is InChI=1S/C29H30N2O5/c1-33-25-10-6-7-20(28(25)36-22-8-2-3-9-22)11-13-23-27(29(32)31-16-5-4-15-30-23)21-12-14-24-26(19-21)35-18-17-34-24/h4-7,10-16,19,22,30H,2-3,8-9,17-18H2,1H3,(H,31,32)/b13-11+,15-4?,16-5?,27-23?. The molecular formula is C29H30N2O5. The molecule has 7 heteroatoms. The highest BCUT2D eigenvalue weighted by molar-refractivity contribution is 5.81. The Morgan fingerprint density at radius 1 is 0.917 bits per heavy atom. The number of methoxy groups -OCH3 is 1. The molecule has 0 bridgehead atoms. The molecule has 7 nitrogen and oxygen atoms in total. The third-order valence-electron chi connectivity index (χ3n) is 6.33. The molecular weight excluding hydrogens is 456 g/mol. The van der Waals surface area contributed by atoms with E-state index in [0.29, 0.717) is 53.0 Å². The number of H-pyrrole nitrogens is 2. The molecule has 0 spiro atoms. The summed E-state index contributed by atoms with van der Waals surface area (Å²) in [4.78, 5) is 19.4. The smallest absolute Gasteiger partial charge is 0.257 e. The van der Waals surface area contributed by atoms with E-state index < -0.39 is 0 Å². The molecule has 2 heterocycles. The fourth-order valence-corrected chi connectivity index (χ4v) is 4.55. The average Bonchev–Trinajstić information content (AvgIpc) is 3.44. The van der Waals surface area contributed by atoms with E-state index >= 15 is 0 Å². The third kappa shape index (κ3) is 5.25. The predicted molar refractivity (Wildman–Crippen MR) is 140 cm³/mol. The van der Waals surface area contributed by atoms with Gasteiger partial charge in [0.1, 0.15) is 13.2 Å². The second-order valence-electron chi connectivity index (χ2n) is 8.72. The molecule has 2 N–H and O–H groups in total. The fraction of sp³-hybridized carbons (Fsp3) is 0.276. The summed E-state index contributed by atoms with van der Waals surface area (Å²) >= 11 is 0. The van der Waals surface area contributed by atoms with E-state index in [-0.39, 0.29) is 11.7 Å². The number of benzene rings is 2. The molecule has 0 unspecified atom stereocenters. The number of para-hydroxylation sites is 1. The van der Waals surface area contributed by atoms with Gasteiger partial charge in [-0.25, -0.2) is 0 Å². The van der Waals surface area contributed by atoms with E-state index in [1.54, 1.807) is 25.6 Å². The van der Waals surface area contributed by atoms with Gasteiger partial charge in [0.25, 0.3) is 5.56 Å². The number of rotatable bonds is 6. The summed E-state index contributed by atoms with van der Waals surface area (Å²) in [6.45, 7) is 0.976. The zero-order valence-electron chi connectivity index (χ0n) is 20.3. The number of ether oxygens (including phenoxy) is 4. The number of aromatic nitrogens is 2. The van der Waals surface area contributed by atoms with Crippen LogP contribution in [0.4, 0.5) is 0 Å². The van der Waals surface area contributed by atoms with Crippen molar-refractivity contribution in [2.24, 2.45) is 0 Å². The van der Waals surface area contributed by atoms with Crippen LogP contribution in [-0.4, -0.2) is 36.4 Å². The van der Waals surface area contributed by atoms with Crippen LogP contribution in [0.25, 0.3) is 23.3 Å². The lowest BCUT2D eigenvalue weighted by atomic mass is 10.0. The van der Waals surface area contributed by atoms with Gasteiger partial charge >= 0.3 is 0 Å². The van der Waals surface area contributed by atoms with Crippen molar-refractivity contribution in [1.29, 1.82) is 0 Å². The van der Waals surface area contributed by atoms with Gasteiger partial charge in [0.05, 0.1) is 24.5 Å². The zero-order valence-corrected chi connectivity index (χ0v) is 20.3. The van der Waals surface area contributed by atoms with Crippen LogP contribution < -0.4 is 24.5 Å². The lowest BCUT2D eigenvalue weighted by molar-refractivity contribution is 0.171. The minimum Gasteiger partial charge on any atom is -0.493 e. The Kier molecular flexibility index (Phi) is 7.26. The molecule has 0 saturated heterocycles. The first-order chi connectivity index (χ1) is 17.7. The number of hydrogen-bond acceptors (Lipinski definition) is 5. The molecule has 0 amide bonds. The minimum absolute atomic E-state index is 0.184. The van der Waals surface area contributed by atoms with E-state index in [1.807, 2.05) is 54.6 Å². The molecule has 1 aromatic heterocycles. The number of nitrogens with one attached hydrogen (secondary N) is 2. The van der Waals surface area contributed by atoms with E-state index in [1.165, 1.54) is 12.8 Å². The van der Waals surface area contributed by atoms with Gasteiger partial charge in [0, 0.05) is 18.0 Å². The summed E-state index contributed by atoms with van der Waals surface area (Å²) in [5.74, 6) is 2.70. The van der Waals surface area contributed by atoms with Crippen LogP contribution in [0, 0.1) is 0 Å². The molecule has 1 fully saturated rings. The van der Waals surface area contributed by atoms with Gasteiger partial charge < -0.3 is 28.9 Å². The van der Waals surface area contributed by atoms with E-state index in [0.717, 1.165) is 18.4 Å². The van der Waals surface area contributed by atoms with Crippen molar-refractivity contribution in [3.05, 3.63) is 82.5 Å². The Balaban J connectivity index is 1.60. The third-order valence-corrected chi connectivity index (χ3v) is 6.33. The van der Waals surface area contributed by atoms with Gasteiger partial charge in [0.15, 0.2) is 23.0 Å². The van der Waals surface area contributed by atoms with Crippen LogP contribution in [0.5, 0.6) is 23.0 Å². The quantitative estimate of drug-likeness (QED) is 0.462. The second kappa shape index (κ2) is 11.1. The molecule has 1 aliphatic heterocycles. The Bertz CT molecular complexity index is 1350. The van der Waals surface area contributed by atoms with Crippen molar-refractivity contribution in [1.82, 2.24) is 9.97 Å². The fourth-order valence-electron chi connectivity index (χ4n) is 4.55. The summed E-state index contributed by atoms with van der Waals surface area (Å²) in [6.07, 6.45) is 11.9. The van der Waals surface area contributed by atoms with Gasteiger partial charge in [-0.2, -0.15) is 0 Å². The lowest BCUT2D eigenvalue weighted by Gasteiger charge is -2.19. The van der Waals surface area contributed by atoms with Crippen LogP contribution in [0.3, 0.4) is 0 Å². The number of fused-ring (bicyclic) bond motifs is 1. The van der Waals surface area contributed by atoms with Gasteiger partial charge in [-0.3, -0.25) is 4.79 Å². The molecule has 5 rings (SSSR count). The largest absolute Gasteiger partial charge is 0.493 e. The summed E-state index contributed by atoms with van der Waals surface area (Å²) in [7, 11) is 1.65. The maximum absolute atomic E-state index is 13.3. The zero-order chi connectivity index (χ0) is 24.7. The van der Waals surface area contributed by atoms with E-state index in [4.69, 9.17) is 18.9 Å². The van der Waals surface area contributed by atoms with Crippen LogP contribution in [0.1, 0.15) is 36.9 Å². The highest BCUT2D eigenvalue weighted by atomic mass is 16.6. The van der Waals surface area contributed by atoms with Crippen LogP contribution in [0.2, 0.25) is 0 Å². The minimum atomic E-state index is -0.244. The van der Waals surface area contributed by atoms with Crippen LogP contribution in [-0.2, 0) is 0 Å². The maximum atomic E-state index is 13.3. The molecule has 1 saturated carbocycles. The van der Waals surface area contributed by atoms with Crippen LogP contribution >= 0.6 is 0 Å². The average molecular weight is 487 g/mol. The molecule has 1 aliphatic carbocycles. The normalized spacial score (nSPS) is 15.0. The Morgan fingerprint density at radius 2 is 1.69 bits per heavy atom. The molecule has 3 aromatic rings. The summed E-state index contributed by atoms with van der Waals surface area (Å²) in [5, 5.41) is 0. The topological polar surface area (TPSA) is 85.6 Å². The van der Waals surface area contributed by atoms with Gasteiger partial charge in [-0.15, -0.1) is 0 Å². The Hall–Kier alpha value is -4.13. The summed E-state index contributed by atoms with van der Waals surface area (Å²) in [5.41, 5.74) is 2.44. The van der Waals surface area contributed by atoms with Crippen molar-refractivity contribution < 1.29 is 18.9 Å². The first kappa shape index (κ1) is 23.6. The predicted octanol–water partition coefficient (Wildman–Crippen LogP) is 5.77. The van der Waals surface area contributed by atoms with Gasteiger partial charge in [-0.1, -0.05) is 18.2 Å². The van der Waals surface area contributed by atoms with E-state index in [2.05, 4.69) is 9.97 Å². The SMILES string of the molecule is COc1cccc(/C=C/c2[nH]cccc[nH]c(=O)c2-c2ccc3c(c2)OCCO3)c1OC1CCCC1. The molecule has 36 heavy (non-hydrogen) atoms. The highest BCUT2D eigenvalue weighted by Crippen LogP contribution is 2.37. The molecule has 186 valence electrons. The van der Waals surface area contributed by atoms with Crippen molar-refractivity contribution >= 4 is 12.2 Å². The van der Waals surface area contributed by atoms with E-state index in [9.17, 15) is 4.79 Å². The Morgan fingerprint density at radius 3 is 2.50 bits per heavy atom. The maximum Gasteiger partial charge on any atom is 0.257 e. The first-order valence-electron chi connectivity index (χ1n) is 12.3. The van der Waals surface area contributed by atoms with Gasteiger partial charge in [-0.05, 0) is 73.7 Å². The monoisotopic (exact) mass is 486 g/mol.